The van der Waals surface area contributed by atoms with Crippen LogP contribution in [0.25, 0.3) is 21.3 Å². The summed E-state index contributed by atoms with van der Waals surface area (Å²) in [6.07, 6.45) is 0.283. The van der Waals surface area contributed by atoms with Crippen LogP contribution in [0.15, 0.2) is 42.7 Å². The maximum absolute atomic E-state index is 12.5. The van der Waals surface area contributed by atoms with E-state index < -0.39 is 6.36 Å². The highest BCUT2D eigenvalue weighted by atomic mass is 32.1. The number of ether oxygens (including phenoxy) is 3. The van der Waals surface area contributed by atoms with Crippen LogP contribution in [0.3, 0.4) is 0 Å². The Balaban J connectivity index is 1.13. The van der Waals surface area contributed by atoms with Crippen molar-refractivity contribution in [3.63, 3.8) is 0 Å². The topological polar surface area (TPSA) is 114 Å². The number of aliphatic hydroxyl groups is 1. The summed E-state index contributed by atoms with van der Waals surface area (Å²) in [6, 6.07) is 8.04. The third-order valence-corrected chi connectivity index (χ3v) is 6.03. The fourth-order valence-electron chi connectivity index (χ4n) is 3.69. The SMILES string of the molecule is OCc1cc(CNCCCCOCCOc2cc(-c3cnns3)cc3[nH]ncc23)cc(OC(F)(F)F)c1. The summed E-state index contributed by atoms with van der Waals surface area (Å²) in [7, 11) is 0. The van der Waals surface area contributed by atoms with Crippen molar-refractivity contribution in [3.05, 3.63) is 53.9 Å². The van der Waals surface area contributed by atoms with Gasteiger partial charge in [-0.3, -0.25) is 5.10 Å². The first-order chi connectivity index (χ1) is 17.9. The number of H-pyrrole nitrogens is 1. The molecule has 0 bridgehead atoms. The monoisotopic (exact) mass is 537 g/mol. The molecule has 2 aromatic heterocycles. The molecule has 9 nitrogen and oxygen atoms in total. The van der Waals surface area contributed by atoms with Crippen molar-refractivity contribution in [2.24, 2.45) is 0 Å². The quantitative estimate of drug-likeness (QED) is 0.202. The van der Waals surface area contributed by atoms with Gasteiger partial charge < -0.3 is 24.6 Å². The average Bonchev–Trinajstić information content (AvgIpc) is 3.56. The Morgan fingerprint density at radius 1 is 1.00 bits per heavy atom. The molecule has 0 aliphatic heterocycles. The number of fused-ring (bicyclic) bond motifs is 1. The number of hydrogen-bond donors (Lipinski definition) is 3. The second kappa shape index (κ2) is 12.8. The second-order valence-corrected chi connectivity index (χ2v) is 8.91. The van der Waals surface area contributed by atoms with Gasteiger partial charge >= 0.3 is 6.36 Å². The van der Waals surface area contributed by atoms with E-state index >= 15 is 0 Å². The van der Waals surface area contributed by atoms with E-state index in [0.717, 1.165) is 34.2 Å². The lowest BCUT2D eigenvalue weighted by Gasteiger charge is -2.12. The van der Waals surface area contributed by atoms with Crippen LogP contribution in [-0.4, -0.2) is 57.6 Å². The van der Waals surface area contributed by atoms with Gasteiger partial charge in [0.05, 0.1) is 41.4 Å². The van der Waals surface area contributed by atoms with Gasteiger partial charge in [0, 0.05) is 18.7 Å². The van der Waals surface area contributed by atoms with E-state index in [1.807, 2.05) is 12.1 Å². The maximum atomic E-state index is 12.5. The highest BCUT2D eigenvalue weighted by Gasteiger charge is 2.31. The molecule has 0 saturated heterocycles. The van der Waals surface area contributed by atoms with Crippen LogP contribution < -0.4 is 14.8 Å². The molecule has 0 aliphatic carbocycles. The van der Waals surface area contributed by atoms with Gasteiger partial charge in [-0.2, -0.15) is 5.10 Å². The number of benzene rings is 2. The van der Waals surface area contributed by atoms with Gasteiger partial charge in [0.2, 0.25) is 0 Å². The number of alkyl halides is 3. The van der Waals surface area contributed by atoms with E-state index in [9.17, 15) is 18.3 Å². The smallest absolute Gasteiger partial charge is 0.490 e. The second-order valence-electron chi connectivity index (χ2n) is 8.12. The zero-order valence-corrected chi connectivity index (χ0v) is 20.6. The molecule has 198 valence electrons. The lowest BCUT2D eigenvalue weighted by molar-refractivity contribution is -0.274. The number of aromatic nitrogens is 4. The minimum atomic E-state index is -4.78. The third-order valence-electron chi connectivity index (χ3n) is 5.32. The summed E-state index contributed by atoms with van der Waals surface area (Å²) in [6.45, 7) is 2.02. The molecule has 37 heavy (non-hydrogen) atoms. The largest absolute Gasteiger partial charge is 0.573 e. The fraction of sp³-hybridized carbons (Fsp3) is 0.375. The predicted octanol–water partition coefficient (Wildman–Crippen LogP) is 4.44. The number of unbranched alkanes of at least 4 members (excludes halogenated alkanes) is 1. The first kappa shape index (κ1) is 26.8. The Kier molecular flexibility index (Phi) is 9.28. The molecule has 3 N–H and O–H groups in total. The standard InChI is InChI=1S/C24H26F3N5O4S/c25-24(26,27)36-19-8-16(7-17(9-19)15-33)12-28-3-1-2-4-34-5-6-35-22-11-18(23-14-30-32-37-23)10-21-20(22)13-29-31-21/h7-11,13-14,28,33H,1-6,12,15H2,(H,29,31). The van der Waals surface area contributed by atoms with Crippen LogP contribution in [0.4, 0.5) is 13.2 Å². The molecule has 4 rings (SSSR count). The molecule has 0 fully saturated rings. The number of aliphatic hydroxyl groups excluding tert-OH is 1. The van der Waals surface area contributed by atoms with E-state index in [4.69, 9.17) is 9.47 Å². The third kappa shape index (κ3) is 8.12. The van der Waals surface area contributed by atoms with Gasteiger partial charge in [-0.1, -0.05) is 10.6 Å². The van der Waals surface area contributed by atoms with Crippen molar-refractivity contribution in [3.8, 4) is 21.9 Å². The number of aromatic amines is 1. The first-order valence-corrected chi connectivity index (χ1v) is 12.3. The molecule has 13 heteroatoms. The van der Waals surface area contributed by atoms with E-state index in [2.05, 4.69) is 29.8 Å². The van der Waals surface area contributed by atoms with Crippen molar-refractivity contribution in [1.82, 2.24) is 25.1 Å². The normalized spacial score (nSPS) is 11.8. The van der Waals surface area contributed by atoms with Crippen LogP contribution in [0, 0.1) is 0 Å². The lowest BCUT2D eigenvalue weighted by atomic mass is 10.1. The van der Waals surface area contributed by atoms with Gasteiger partial charge in [0.15, 0.2) is 0 Å². The van der Waals surface area contributed by atoms with Gasteiger partial charge in [0.1, 0.15) is 18.1 Å². The van der Waals surface area contributed by atoms with Gasteiger partial charge in [0.25, 0.3) is 0 Å². The van der Waals surface area contributed by atoms with Crippen molar-refractivity contribution >= 4 is 22.4 Å². The maximum Gasteiger partial charge on any atom is 0.573 e. The number of halogens is 3. The highest BCUT2D eigenvalue weighted by molar-refractivity contribution is 7.09. The summed E-state index contributed by atoms with van der Waals surface area (Å²) < 4.78 is 56.9. The van der Waals surface area contributed by atoms with Crippen LogP contribution in [0.2, 0.25) is 0 Å². The minimum Gasteiger partial charge on any atom is -0.490 e. The summed E-state index contributed by atoms with van der Waals surface area (Å²) in [5.41, 5.74) is 2.76. The Bertz CT molecular complexity index is 1270. The van der Waals surface area contributed by atoms with Crippen LogP contribution in [0.5, 0.6) is 11.5 Å². The average molecular weight is 538 g/mol. The first-order valence-electron chi connectivity index (χ1n) is 11.6. The molecule has 0 unspecified atom stereocenters. The summed E-state index contributed by atoms with van der Waals surface area (Å²) in [5.74, 6) is 0.365. The number of nitrogens with zero attached hydrogens (tertiary/aromatic N) is 3. The molecule has 0 spiro atoms. The molecule has 4 aromatic rings. The number of rotatable bonds is 14. The van der Waals surface area contributed by atoms with Gasteiger partial charge in [-0.05, 0) is 66.3 Å². The summed E-state index contributed by atoms with van der Waals surface area (Å²) in [5, 5.41) is 24.3. The Labute approximate surface area is 214 Å². The zero-order valence-electron chi connectivity index (χ0n) is 19.8. The van der Waals surface area contributed by atoms with Crippen molar-refractivity contribution in [2.75, 3.05) is 26.4 Å². The zero-order chi connectivity index (χ0) is 26.1. The molecule has 2 aromatic carbocycles. The van der Waals surface area contributed by atoms with Crippen molar-refractivity contribution in [2.45, 2.75) is 32.4 Å². The molecule has 0 atom stereocenters. The minimum absolute atomic E-state index is 0.341. The number of hydrogen-bond acceptors (Lipinski definition) is 9. The van der Waals surface area contributed by atoms with E-state index in [1.165, 1.54) is 23.7 Å². The van der Waals surface area contributed by atoms with E-state index in [-0.39, 0.29) is 12.4 Å². The summed E-state index contributed by atoms with van der Waals surface area (Å²) >= 11 is 1.30. The molecule has 0 saturated carbocycles. The Hall–Kier alpha value is -3.26. The molecule has 0 radical (unpaired) electrons. The summed E-state index contributed by atoms with van der Waals surface area (Å²) in [4.78, 5) is 0.933. The van der Waals surface area contributed by atoms with Gasteiger partial charge in [-0.15, -0.1) is 18.3 Å². The van der Waals surface area contributed by atoms with Crippen molar-refractivity contribution in [1.29, 1.82) is 0 Å². The van der Waals surface area contributed by atoms with Gasteiger partial charge in [-0.25, -0.2) is 0 Å². The Morgan fingerprint density at radius 3 is 2.65 bits per heavy atom. The molecular formula is C24H26F3N5O4S. The van der Waals surface area contributed by atoms with Crippen molar-refractivity contribution < 1.29 is 32.5 Å². The van der Waals surface area contributed by atoms with Crippen LogP contribution >= 0.6 is 11.5 Å². The van der Waals surface area contributed by atoms with E-state index in [1.54, 1.807) is 18.5 Å². The molecular weight excluding hydrogens is 511 g/mol. The fourth-order valence-corrected chi connectivity index (χ4v) is 4.19. The molecule has 2 heterocycles. The number of nitrogens with one attached hydrogen (secondary N) is 2. The lowest BCUT2D eigenvalue weighted by Crippen LogP contribution is -2.18. The van der Waals surface area contributed by atoms with Crippen LogP contribution in [-0.2, 0) is 17.9 Å². The predicted molar refractivity (Wildman–Crippen MR) is 131 cm³/mol. The molecule has 0 aliphatic rings. The Morgan fingerprint density at radius 2 is 1.86 bits per heavy atom. The highest BCUT2D eigenvalue weighted by Crippen LogP contribution is 2.32. The molecule has 0 amide bonds. The van der Waals surface area contributed by atoms with Crippen LogP contribution in [0.1, 0.15) is 24.0 Å². The van der Waals surface area contributed by atoms with E-state index in [0.29, 0.717) is 49.8 Å².